The Morgan fingerprint density at radius 2 is 2.06 bits per heavy atom. The average molecular weight is 461 g/mol. The number of fused-ring (bicyclic) bond motifs is 1. The maximum absolute atomic E-state index is 14.2. The predicted octanol–water partition coefficient (Wildman–Crippen LogP) is 2.64. The number of thioether (sulfide) groups is 1. The number of aliphatic hydroxyl groups excluding tert-OH is 1. The van der Waals surface area contributed by atoms with Crippen LogP contribution in [-0.2, 0) is 11.8 Å². The largest absolute Gasteiger partial charge is 0.391 e. The Hall–Kier alpha value is -2.79. The highest BCUT2D eigenvalue weighted by Crippen LogP contribution is 2.39. The van der Waals surface area contributed by atoms with Crippen molar-refractivity contribution in [1.29, 1.82) is 0 Å². The average Bonchev–Trinajstić information content (AvgIpc) is 3.49. The molecule has 0 aromatic carbocycles. The number of aliphatic hydroxyl groups is 1. The minimum absolute atomic E-state index is 0.245. The van der Waals surface area contributed by atoms with Crippen LogP contribution in [0.4, 0.5) is 8.78 Å². The Kier molecular flexibility index (Phi) is 5.25. The van der Waals surface area contributed by atoms with Crippen molar-refractivity contribution in [1.82, 2.24) is 29.7 Å². The molecule has 3 aromatic heterocycles. The first-order valence-electron chi connectivity index (χ1n) is 10.4. The van der Waals surface area contributed by atoms with Gasteiger partial charge in [0.15, 0.2) is 5.65 Å². The van der Waals surface area contributed by atoms with Crippen LogP contribution in [0.2, 0.25) is 0 Å². The van der Waals surface area contributed by atoms with Crippen molar-refractivity contribution in [3.05, 3.63) is 42.0 Å². The molecule has 4 heterocycles. The van der Waals surface area contributed by atoms with Crippen LogP contribution in [0.1, 0.15) is 31.2 Å². The van der Waals surface area contributed by atoms with Gasteiger partial charge in [0.1, 0.15) is 6.04 Å². The molecule has 1 aliphatic heterocycles. The summed E-state index contributed by atoms with van der Waals surface area (Å²) < 4.78 is 31.7. The molecule has 2 aliphatic rings. The van der Waals surface area contributed by atoms with Gasteiger partial charge in [0.25, 0.3) is 5.92 Å². The zero-order valence-corrected chi connectivity index (χ0v) is 18.1. The minimum Gasteiger partial charge on any atom is -0.391 e. The van der Waals surface area contributed by atoms with Gasteiger partial charge >= 0.3 is 0 Å². The lowest BCUT2D eigenvalue weighted by Gasteiger charge is -2.36. The highest BCUT2D eigenvalue weighted by atomic mass is 32.2. The highest BCUT2D eigenvalue weighted by molar-refractivity contribution is 8.03. The van der Waals surface area contributed by atoms with E-state index in [1.807, 2.05) is 24.8 Å². The van der Waals surface area contributed by atoms with E-state index in [1.165, 1.54) is 11.8 Å². The van der Waals surface area contributed by atoms with Crippen molar-refractivity contribution in [3.8, 4) is 11.1 Å². The molecule has 5 rings (SSSR count). The van der Waals surface area contributed by atoms with Gasteiger partial charge in [-0.3, -0.25) is 9.48 Å². The molecule has 2 N–H and O–H groups in total. The number of hydrogen-bond acceptors (Lipinski definition) is 6. The zero-order chi connectivity index (χ0) is 22.5. The van der Waals surface area contributed by atoms with Crippen LogP contribution in [0, 0.1) is 0 Å². The van der Waals surface area contributed by atoms with Gasteiger partial charge in [0.05, 0.1) is 23.7 Å². The molecular formula is C21H22F2N6O2S. The molecule has 8 nitrogen and oxygen atoms in total. The van der Waals surface area contributed by atoms with Crippen molar-refractivity contribution in [3.63, 3.8) is 0 Å². The summed E-state index contributed by atoms with van der Waals surface area (Å²) in [5.74, 6) is -3.60. The second-order valence-electron chi connectivity index (χ2n) is 8.25. The molecule has 1 amide bonds. The van der Waals surface area contributed by atoms with Gasteiger partial charge in [-0.15, -0.1) is 11.8 Å². The van der Waals surface area contributed by atoms with Gasteiger partial charge < -0.3 is 10.4 Å². The molecule has 168 valence electrons. The molecule has 0 radical (unpaired) electrons. The molecule has 0 bridgehead atoms. The van der Waals surface area contributed by atoms with E-state index in [9.17, 15) is 18.7 Å². The fourth-order valence-electron chi connectivity index (χ4n) is 4.21. The lowest BCUT2D eigenvalue weighted by atomic mass is 9.88. The number of amides is 1. The van der Waals surface area contributed by atoms with Gasteiger partial charge in [-0.25, -0.2) is 18.3 Å². The number of carbonyl (C=O) groups excluding carboxylic acids is 1. The number of nitrogens with zero attached hydrogens (tertiary/aromatic N) is 5. The van der Waals surface area contributed by atoms with E-state index in [1.54, 1.807) is 27.8 Å². The fraction of sp³-hybridized carbons (Fsp3) is 0.429. The third-order valence-corrected chi connectivity index (χ3v) is 7.09. The topological polar surface area (TPSA) is 97.3 Å². The van der Waals surface area contributed by atoms with Crippen LogP contribution >= 0.6 is 11.8 Å². The Bertz CT molecular complexity index is 1210. The third-order valence-electron chi connectivity index (χ3n) is 5.96. The molecule has 11 heteroatoms. The van der Waals surface area contributed by atoms with Crippen LogP contribution in [-0.4, -0.2) is 58.7 Å². The van der Waals surface area contributed by atoms with Crippen molar-refractivity contribution in [2.45, 2.75) is 49.0 Å². The van der Waals surface area contributed by atoms with Gasteiger partial charge in [0.2, 0.25) is 5.91 Å². The molecule has 1 aliphatic carbocycles. The summed E-state index contributed by atoms with van der Waals surface area (Å²) in [6.07, 6.45) is 8.26. The molecule has 1 fully saturated rings. The number of allylic oxidation sites excluding steroid dienone is 1. The number of aryl methyl sites for hydroxylation is 1. The van der Waals surface area contributed by atoms with E-state index in [4.69, 9.17) is 0 Å². The van der Waals surface area contributed by atoms with Crippen molar-refractivity contribution in [2.75, 3.05) is 0 Å². The zero-order valence-electron chi connectivity index (χ0n) is 17.3. The monoisotopic (exact) mass is 460 g/mol. The Balaban J connectivity index is 1.30. The second-order valence-corrected chi connectivity index (χ2v) is 9.33. The van der Waals surface area contributed by atoms with Gasteiger partial charge in [-0.2, -0.15) is 10.2 Å². The van der Waals surface area contributed by atoms with Gasteiger partial charge in [-0.1, -0.05) is 0 Å². The molecule has 1 saturated carbocycles. The quantitative estimate of drug-likeness (QED) is 0.621. The minimum atomic E-state index is -3.11. The number of alkyl halides is 2. The molecule has 32 heavy (non-hydrogen) atoms. The normalized spacial score (nSPS) is 25.1. The highest BCUT2D eigenvalue weighted by Gasteiger charge is 2.48. The Morgan fingerprint density at radius 1 is 1.25 bits per heavy atom. The maximum Gasteiger partial charge on any atom is 0.270 e. The van der Waals surface area contributed by atoms with Crippen LogP contribution in [0.3, 0.4) is 0 Å². The Morgan fingerprint density at radius 3 is 2.81 bits per heavy atom. The van der Waals surface area contributed by atoms with Gasteiger partial charge in [-0.05, 0) is 30.2 Å². The predicted molar refractivity (Wildman–Crippen MR) is 116 cm³/mol. The lowest BCUT2D eigenvalue weighted by Crippen LogP contribution is -2.58. The molecule has 1 unspecified atom stereocenters. The first-order chi connectivity index (χ1) is 15.3. The summed E-state index contributed by atoms with van der Waals surface area (Å²) in [6.45, 7) is 0. The van der Waals surface area contributed by atoms with Crippen molar-refractivity contribution in [2.24, 2.45) is 7.05 Å². The summed E-state index contributed by atoms with van der Waals surface area (Å²) in [4.78, 5) is 17.2. The maximum atomic E-state index is 14.2. The van der Waals surface area contributed by atoms with E-state index in [-0.39, 0.29) is 19.3 Å². The second kappa shape index (κ2) is 7.96. The number of nitrogens with one attached hydrogen (secondary N) is 1. The van der Waals surface area contributed by atoms with E-state index >= 15 is 0 Å². The van der Waals surface area contributed by atoms with Crippen LogP contribution in [0.15, 0.2) is 36.4 Å². The number of hydrogen-bond donors (Lipinski definition) is 2. The molecular weight excluding hydrogens is 438 g/mol. The summed E-state index contributed by atoms with van der Waals surface area (Å²) in [7, 11) is 1.84. The van der Waals surface area contributed by atoms with Crippen LogP contribution < -0.4 is 5.32 Å². The number of rotatable bonds is 4. The molecule has 0 saturated heterocycles. The SMILES string of the molecule is Cn1cc(-c2cnc3c(C4=CSC(C(=O)N[C@@H]5[C@@H](O)CCCC5(F)F)C4)cnn3c2)cn1. The molecule has 3 aromatic rings. The van der Waals surface area contributed by atoms with E-state index < -0.39 is 29.2 Å². The summed E-state index contributed by atoms with van der Waals surface area (Å²) in [5.41, 5.74) is 4.13. The number of carbonyl (C=O) groups is 1. The third kappa shape index (κ3) is 3.79. The number of halogens is 2. The van der Waals surface area contributed by atoms with Crippen molar-refractivity contribution >= 4 is 28.9 Å². The van der Waals surface area contributed by atoms with Gasteiger partial charge in [0, 0.05) is 48.7 Å². The van der Waals surface area contributed by atoms with E-state index in [0.717, 1.165) is 22.3 Å². The standard InChI is InChI=1S/C21H22F2N6O2S/c1-28-9-14(7-25-28)13-6-24-19-15(8-26-29(19)10-13)12-5-17(32-11-12)20(31)27-18-16(30)3-2-4-21(18,22)23/h6-11,16-18,30H,2-5H2,1H3,(H,27,31)/t16-,17?,18+/m0/s1. The lowest BCUT2D eigenvalue weighted by molar-refractivity contribution is -0.136. The van der Waals surface area contributed by atoms with Crippen LogP contribution in [0.5, 0.6) is 0 Å². The summed E-state index contributed by atoms with van der Waals surface area (Å²) >= 11 is 1.28. The van der Waals surface area contributed by atoms with Crippen molar-refractivity contribution < 1.29 is 18.7 Å². The summed E-state index contributed by atoms with van der Waals surface area (Å²) in [6, 6.07) is -1.54. The molecule has 3 atom stereocenters. The first-order valence-corrected chi connectivity index (χ1v) is 11.3. The fourth-order valence-corrected chi connectivity index (χ4v) is 5.23. The molecule has 0 spiro atoms. The van der Waals surface area contributed by atoms with Crippen LogP contribution in [0.25, 0.3) is 22.3 Å². The van der Waals surface area contributed by atoms with E-state index in [0.29, 0.717) is 12.1 Å². The smallest absolute Gasteiger partial charge is 0.270 e. The van der Waals surface area contributed by atoms with E-state index in [2.05, 4.69) is 20.5 Å². The number of aromatic nitrogens is 5. The summed E-state index contributed by atoms with van der Waals surface area (Å²) in [5, 5.41) is 22.3. The Labute approximate surface area is 186 Å². The first kappa shape index (κ1) is 21.1.